The second kappa shape index (κ2) is 5.34. The molecule has 1 aliphatic carbocycles. The molecule has 1 aromatic heterocycles. The van der Waals surface area contributed by atoms with Gasteiger partial charge < -0.3 is 10.4 Å². The summed E-state index contributed by atoms with van der Waals surface area (Å²) in [5, 5.41) is 13.5. The zero-order valence-corrected chi connectivity index (χ0v) is 11.1. The van der Waals surface area contributed by atoms with Crippen LogP contribution in [0.5, 0.6) is 0 Å². The Hall–Kier alpha value is -0.320. The normalized spacial score (nSPS) is 24.7. The zero-order valence-electron chi connectivity index (χ0n) is 8.79. The summed E-state index contributed by atoms with van der Waals surface area (Å²) in [7, 11) is 0. The average Bonchev–Trinajstić information content (AvgIpc) is 2.63. The van der Waals surface area contributed by atoms with E-state index in [9.17, 15) is 5.11 Å². The van der Waals surface area contributed by atoms with Crippen molar-refractivity contribution in [2.24, 2.45) is 5.92 Å². The molecule has 1 aliphatic rings. The minimum absolute atomic E-state index is 0.179. The summed E-state index contributed by atoms with van der Waals surface area (Å²) in [4.78, 5) is 4.19. The van der Waals surface area contributed by atoms with Crippen molar-refractivity contribution in [3.63, 3.8) is 0 Å². The van der Waals surface area contributed by atoms with Crippen LogP contribution in [-0.2, 0) is 0 Å². The standard InChI is InChI=1S/C11H14BrClN2O/c12-8-4-9(13)11(15-6-8)14-5-7-2-1-3-10(7)16/h4,6-7,10,16H,1-3,5H2,(H,14,15). The minimum Gasteiger partial charge on any atom is -0.393 e. The van der Waals surface area contributed by atoms with Crippen LogP contribution in [-0.4, -0.2) is 22.7 Å². The number of halogens is 2. The SMILES string of the molecule is OC1CCCC1CNc1ncc(Br)cc1Cl. The third kappa shape index (κ3) is 2.87. The lowest BCUT2D eigenvalue weighted by Gasteiger charge is -2.16. The van der Waals surface area contributed by atoms with Crippen LogP contribution < -0.4 is 5.32 Å². The molecule has 0 spiro atoms. The maximum absolute atomic E-state index is 9.68. The van der Waals surface area contributed by atoms with Gasteiger partial charge in [-0.2, -0.15) is 0 Å². The number of aliphatic hydroxyl groups excluding tert-OH is 1. The van der Waals surface area contributed by atoms with Gasteiger partial charge in [-0.15, -0.1) is 0 Å². The molecule has 5 heteroatoms. The Kier molecular flexibility index (Phi) is 4.05. The van der Waals surface area contributed by atoms with E-state index in [-0.39, 0.29) is 6.10 Å². The van der Waals surface area contributed by atoms with E-state index in [0.717, 1.165) is 30.3 Å². The van der Waals surface area contributed by atoms with E-state index in [0.29, 0.717) is 16.8 Å². The Bertz CT molecular complexity index is 375. The molecular weight excluding hydrogens is 291 g/mol. The molecule has 0 saturated heterocycles. The average molecular weight is 306 g/mol. The first kappa shape index (κ1) is 12.1. The van der Waals surface area contributed by atoms with Crippen molar-refractivity contribution < 1.29 is 5.11 Å². The van der Waals surface area contributed by atoms with Crippen LogP contribution in [0.15, 0.2) is 16.7 Å². The topological polar surface area (TPSA) is 45.1 Å². The number of nitrogens with zero attached hydrogens (tertiary/aromatic N) is 1. The van der Waals surface area contributed by atoms with E-state index in [2.05, 4.69) is 26.2 Å². The second-order valence-corrected chi connectivity index (χ2v) is 5.45. The number of anilines is 1. The molecule has 1 aromatic rings. The monoisotopic (exact) mass is 304 g/mol. The molecular formula is C11H14BrClN2O. The number of pyridine rings is 1. The van der Waals surface area contributed by atoms with Crippen molar-refractivity contribution >= 4 is 33.3 Å². The Balaban J connectivity index is 1.94. The third-order valence-corrected chi connectivity index (χ3v) is 3.68. The molecule has 88 valence electrons. The van der Waals surface area contributed by atoms with Crippen LogP contribution in [0.4, 0.5) is 5.82 Å². The first-order valence-electron chi connectivity index (χ1n) is 5.40. The van der Waals surface area contributed by atoms with Gasteiger partial charge in [0.15, 0.2) is 0 Å². The van der Waals surface area contributed by atoms with E-state index >= 15 is 0 Å². The maximum Gasteiger partial charge on any atom is 0.144 e. The third-order valence-electron chi connectivity index (χ3n) is 2.96. The second-order valence-electron chi connectivity index (χ2n) is 4.12. The fourth-order valence-corrected chi connectivity index (χ4v) is 2.72. The molecule has 1 fully saturated rings. The fraction of sp³-hybridized carbons (Fsp3) is 0.545. The van der Waals surface area contributed by atoms with Crippen molar-refractivity contribution in [3.8, 4) is 0 Å². The molecule has 2 unspecified atom stereocenters. The van der Waals surface area contributed by atoms with Gasteiger partial charge in [-0.1, -0.05) is 18.0 Å². The molecule has 3 nitrogen and oxygen atoms in total. The summed E-state index contributed by atoms with van der Waals surface area (Å²) in [5.41, 5.74) is 0. The molecule has 2 N–H and O–H groups in total. The molecule has 2 rings (SSSR count). The van der Waals surface area contributed by atoms with E-state index < -0.39 is 0 Å². The summed E-state index contributed by atoms with van der Waals surface area (Å²) in [5.74, 6) is 1.01. The van der Waals surface area contributed by atoms with E-state index in [1.165, 1.54) is 0 Å². The highest BCUT2D eigenvalue weighted by Crippen LogP contribution is 2.27. The van der Waals surface area contributed by atoms with Gasteiger partial charge in [-0.05, 0) is 34.8 Å². The lowest BCUT2D eigenvalue weighted by atomic mass is 10.1. The molecule has 0 radical (unpaired) electrons. The number of rotatable bonds is 3. The number of hydrogen-bond donors (Lipinski definition) is 2. The minimum atomic E-state index is -0.179. The predicted octanol–water partition coefficient (Wildman–Crippen LogP) is 3.07. The zero-order chi connectivity index (χ0) is 11.5. The first-order valence-corrected chi connectivity index (χ1v) is 6.57. The van der Waals surface area contributed by atoms with Gasteiger partial charge in [0.05, 0.1) is 11.1 Å². The van der Waals surface area contributed by atoms with Gasteiger partial charge >= 0.3 is 0 Å². The molecule has 0 amide bonds. The van der Waals surface area contributed by atoms with Crippen molar-refractivity contribution in [2.75, 3.05) is 11.9 Å². The van der Waals surface area contributed by atoms with E-state index in [1.807, 2.05) is 6.07 Å². The molecule has 2 atom stereocenters. The summed E-state index contributed by atoms with van der Waals surface area (Å²) in [6.07, 6.45) is 4.62. The summed E-state index contributed by atoms with van der Waals surface area (Å²) in [6, 6.07) is 1.81. The van der Waals surface area contributed by atoms with Gasteiger partial charge in [-0.25, -0.2) is 4.98 Å². The van der Waals surface area contributed by atoms with Gasteiger partial charge in [0.2, 0.25) is 0 Å². The van der Waals surface area contributed by atoms with Crippen LogP contribution >= 0.6 is 27.5 Å². The van der Waals surface area contributed by atoms with Gasteiger partial charge in [0.1, 0.15) is 5.82 Å². The number of aliphatic hydroxyl groups is 1. The Morgan fingerprint density at radius 2 is 2.38 bits per heavy atom. The summed E-state index contributed by atoms with van der Waals surface area (Å²) < 4.78 is 0.865. The Morgan fingerprint density at radius 3 is 3.00 bits per heavy atom. The molecule has 0 aliphatic heterocycles. The van der Waals surface area contributed by atoms with Gasteiger partial charge in [-0.3, -0.25) is 0 Å². The molecule has 1 saturated carbocycles. The van der Waals surface area contributed by atoms with Crippen LogP contribution in [0, 0.1) is 5.92 Å². The highest BCUT2D eigenvalue weighted by atomic mass is 79.9. The van der Waals surface area contributed by atoms with E-state index in [4.69, 9.17) is 11.6 Å². The molecule has 0 bridgehead atoms. The summed E-state index contributed by atoms with van der Waals surface area (Å²) >= 11 is 9.34. The quantitative estimate of drug-likeness (QED) is 0.902. The maximum atomic E-state index is 9.68. The van der Waals surface area contributed by atoms with Crippen molar-refractivity contribution in [3.05, 3.63) is 21.8 Å². The molecule has 0 aromatic carbocycles. The number of hydrogen-bond acceptors (Lipinski definition) is 3. The largest absolute Gasteiger partial charge is 0.393 e. The Labute approximate surface area is 108 Å². The van der Waals surface area contributed by atoms with Crippen LogP contribution in [0.25, 0.3) is 0 Å². The van der Waals surface area contributed by atoms with Crippen LogP contribution in [0.2, 0.25) is 5.02 Å². The van der Waals surface area contributed by atoms with Crippen LogP contribution in [0.3, 0.4) is 0 Å². The van der Waals surface area contributed by atoms with Gasteiger partial charge in [0, 0.05) is 23.1 Å². The van der Waals surface area contributed by atoms with Gasteiger partial charge in [0.25, 0.3) is 0 Å². The number of aromatic nitrogens is 1. The van der Waals surface area contributed by atoms with E-state index in [1.54, 1.807) is 6.20 Å². The summed E-state index contributed by atoms with van der Waals surface area (Å²) in [6.45, 7) is 0.732. The highest BCUT2D eigenvalue weighted by Gasteiger charge is 2.24. The number of nitrogens with one attached hydrogen (secondary N) is 1. The smallest absolute Gasteiger partial charge is 0.144 e. The molecule has 1 heterocycles. The lowest BCUT2D eigenvalue weighted by molar-refractivity contribution is 0.138. The first-order chi connectivity index (χ1) is 7.66. The molecule has 16 heavy (non-hydrogen) atoms. The van der Waals surface area contributed by atoms with Crippen molar-refractivity contribution in [2.45, 2.75) is 25.4 Å². The van der Waals surface area contributed by atoms with Crippen molar-refractivity contribution in [1.82, 2.24) is 4.98 Å². The van der Waals surface area contributed by atoms with Crippen molar-refractivity contribution in [1.29, 1.82) is 0 Å². The fourth-order valence-electron chi connectivity index (χ4n) is 2.03. The Morgan fingerprint density at radius 1 is 1.56 bits per heavy atom. The lowest BCUT2D eigenvalue weighted by Crippen LogP contribution is -2.22. The highest BCUT2D eigenvalue weighted by molar-refractivity contribution is 9.10. The van der Waals surface area contributed by atoms with Crippen LogP contribution in [0.1, 0.15) is 19.3 Å². The predicted molar refractivity (Wildman–Crippen MR) is 68.8 cm³/mol.